The molecule has 150 valence electrons. The molecule has 8 heteroatoms. The minimum Gasteiger partial charge on any atom is -0.350 e. The third-order valence-corrected chi connectivity index (χ3v) is 5.65. The number of nitrogens with zero attached hydrogens (tertiary/aromatic N) is 3. The Kier molecular flexibility index (Phi) is 6.35. The lowest BCUT2D eigenvalue weighted by atomic mass is 9.91. The molecule has 28 heavy (non-hydrogen) atoms. The molecule has 0 saturated carbocycles. The zero-order valence-electron chi connectivity index (χ0n) is 16.3. The van der Waals surface area contributed by atoms with Crippen LogP contribution in [0.15, 0.2) is 36.7 Å². The van der Waals surface area contributed by atoms with Crippen molar-refractivity contribution in [3.63, 3.8) is 0 Å². The molecule has 1 atom stereocenters. The first-order valence-electron chi connectivity index (χ1n) is 9.17. The number of benzene rings is 1. The smallest absolute Gasteiger partial charge is 0.243 e. The molecule has 0 spiro atoms. The largest absolute Gasteiger partial charge is 0.350 e. The van der Waals surface area contributed by atoms with Crippen molar-refractivity contribution in [1.29, 1.82) is 0 Å². The van der Waals surface area contributed by atoms with Crippen molar-refractivity contribution in [2.75, 3.05) is 11.6 Å². The normalized spacial score (nSPS) is 17.0. The molecule has 1 saturated heterocycles. The van der Waals surface area contributed by atoms with Gasteiger partial charge in [-0.25, -0.2) is 4.68 Å². The Balaban J connectivity index is 1.58. The summed E-state index contributed by atoms with van der Waals surface area (Å²) in [6.07, 6.45) is 4.03. The van der Waals surface area contributed by atoms with Gasteiger partial charge in [0.05, 0.1) is 17.8 Å². The molecule has 2 amide bonds. The second-order valence-electron chi connectivity index (χ2n) is 8.10. The van der Waals surface area contributed by atoms with Crippen LogP contribution < -0.4 is 5.32 Å². The number of hydrogen-bond donors (Lipinski definition) is 1. The molecule has 6 nitrogen and oxygen atoms in total. The van der Waals surface area contributed by atoms with E-state index in [9.17, 15) is 9.59 Å². The van der Waals surface area contributed by atoms with Crippen molar-refractivity contribution in [2.24, 2.45) is 5.41 Å². The zero-order valence-corrected chi connectivity index (χ0v) is 17.9. The van der Waals surface area contributed by atoms with E-state index in [0.29, 0.717) is 29.6 Å². The summed E-state index contributed by atoms with van der Waals surface area (Å²) in [7, 11) is 0. The first-order chi connectivity index (χ1) is 13.2. The summed E-state index contributed by atoms with van der Waals surface area (Å²) in [5.74, 6) is 1.12. The molecular weight excluding hydrogens is 396 g/mol. The monoisotopic (exact) mass is 420 g/mol. The molecular formula is C20H25ClN4O2S. The highest BCUT2D eigenvalue weighted by molar-refractivity contribution is 7.99. The van der Waals surface area contributed by atoms with E-state index >= 15 is 0 Å². The molecule has 0 aliphatic carbocycles. The number of hydrogen-bond acceptors (Lipinski definition) is 4. The highest BCUT2D eigenvalue weighted by atomic mass is 35.5. The second kappa shape index (κ2) is 8.57. The number of amides is 2. The first-order valence-corrected chi connectivity index (χ1v) is 10.7. The van der Waals surface area contributed by atoms with Crippen LogP contribution in [0, 0.1) is 5.41 Å². The topological polar surface area (TPSA) is 67.2 Å². The van der Waals surface area contributed by atoms with E-state index in [0.717, 1.165) is 11.3 Å². The van der Waals surface area contributed by atoms with E-state index in [1.165, 1.54) is 0 Å². The third kappa shape index (κ3) is 5.29. The van der Waals surface area contributed by atoms with Crippen molar-refractivity contribution >= 4 is 35.2 Å². The average molecular weight is 421 g/mol. The molecule has 1 unspecified atom stereocenters. The van der Waals surface area contributed by atoms with Gasteiger partial charge in [-0.05, 0) is 29.7 Å². The number of carbonyl (C=O) groups excluding carboxylic acids is 2. The lowest BCUT2D eigenvalue weighted by Gasteiger charge is -2.26. The molecule has 0 bridgehead atoms. The molecule has 1 N–H and O–H groups in total. The summed E-state index contributed by atoms with van der Waals surface area (Å²) in [4.78, 5) is 26.9. The summed E-state index contributed by atoms with van der Waals surface area (Å²) >= 11 is 7.53. The van der Waals surface area contributed by atoms with Crippen LogP contribution in [0.4, 0.5) is 0 Å². The number of rotatable bonds is 5. The van der Waals surface area contributed by atoms with E-state index in [1.807, 2.05) is 39.1 Å². The molecule has 1 aromatic heterocycles. The van der Waals surface area contributed by atoms with Crippen LogP contribution in [0.3, 0.4) is 0 Å². The Hall–Kier alpha value is -1.99. The van der Waals surface area contributed by atoms with Crippen molar-refractivity contribution < 1.29 is 9.59 Å². The Morgan fingerprint density at radius 3 is 2.68 bits per heavy atom. The molecule has 1 aliphatic rings. The van der Waals surface area contributed by atoms with Gasteiger partial charge in [0.2, 0.25) is 11.8 Å². The molecule has 1 aromatic carbocycles. The maximum Gasteiger partial charge on any atom is 0.243 e. The van der Waals surface area contributed by atoms with Gasteiger partial charge in [-0.15, -0.1) is 11.8 Å². The standard InChI is InChI=1S/C20H25ClN4O2S/c1-20(2,3)8-18(26)24-13-28-12-17(24)19(27)22-9-14-10-23-25(11-14)16-6-4-15(21)5-7-16/h4-7,10-11,17H,8-9,12-13H2,1-3H3,(H,22,27). The minimum absolute atomic E-state index is 0.0354. The quantitative estimate of drug-likeness (QED) is 0.804. The molecule has 0 radical (unpaired) electrons. The van der Waals surface area contributed by atoms with Crippen molar-refractivity contribution in [3.8, 4) is 5.69 Å². The Morgan fingerprint density at radius 2 is 2.00 bits per heavy atom. The van der Waals surface area contributed by atoms with E-state index in [2.05, 4.69) is 10.4 Å². The molecule has 1 fully saturated rings. The Morgan fingerprint density at radius 1 is 1.29 bits per heavy atom. The fourth-order valence-corrected chi connectivity index (χ4v) is 4.26. The molecule has 1 aliphatic heterocycles. The Labute approximate surface area is 174 Å². The number of aromatic nitrogens is 2. The Bertz CT molecular complexity index is 845. The van der Waals surface area contributed by atoms with Gasteiger partial charge in [0, 0.05) is 35.5 Å². The SMILES string of the molecule is CC(C)(C)CC(=O)N1CSCC1C(=O)NCc1cnn(-c2ccc(Cl)cc2)c1. The fraction of sp³-hybridized carbons (Fsp3) is 0.450. The van der Waals surface area contributed by atoms with Crippen LogP contribution >= 0.6 is 23.4 Å². The zero-order chi connectivity index (χ0) is 20.3. The summed E-state index contributed by atoms with van der Waals surface area (Å²) in [5.41, 5.74) is 1.69. The van der Waals surface area contributed by atoms with E-state index in [4.69, 9.17) is 11.6 Å². The molecule has 2 aromatic rings. The molecule has 3 rings (SSSR count). The maximum atomic E-state index is 12.7. The third-order valence-electron chi connectivity index (χ3n) is 4.38. The van der Waals surface area contributed by atoms with Gasteiger partial charge in [-0.3, -0.25) is 9.59 Å². The lowest BCUT2D eigenvalue weighted by Crippen LogP contribution is -2.47. The van der Waals surface area contributed by atoms with Crippen LogP contribution in [-0.2, 0) is 16.1 Å². The number of nitrogens with one attached hydrogen (secondary N) is 1. The summed E-state index contributed by atoms with van der Waals surface area (Å²) < 4.78 is 1.74. The number of thioether (sulfide) groups is 1. The second-order valence-corrected chi connectivity index (χ2v) is 9.54. The number of carbonyl (C=O) groups is 2. The van der Waals surface area contributed by atoms with E-state index in [-0.39, 0.29) is 17.2 Å². The van der Waals surface area contributed by atoms with Crippen LogP contribution in [-0.4, -0.2) is 44.2 Å². The van der Waals surface area contributed by atoms with Gasteiger partial charge >= 0.3 is 0 Å². The fourth-order valence-electron chi connectivity index (χ4n) is 2.95. The van der Waals surface area contributed by atoms with Gasteiger partial charge < -0.3 is 10.2 Å². The maximum absolute atomic E-state index is 12.7. The van der Waals surface area contributed by atoms with Crippen LogP contribution in [0.2, 0.25) is 5.02 Å². The number of halogens is 1. The summed E-state index contributed by atoms with van der Waals surface area (Å²) in [5, 5.41) is 7.94. The van der Waals surface area contributed by atoms with Crippen molar-refractivity contribution in [1.82, 2.24) is 20.0 Å². The first kappa shape index (κ1) is 20.7. The van der Waals surface area contributed by atoms with Gasteiger partial charge in [-0.2, -0.15) is 5.10 Å². The van der Waals surface area contributed by atoms with Gasteiger partial charge in [0.15, 0.2) is 0 Å². The predicted molar refractivity (Wildman–Crippen MR) is 112 cm³/mol. The van der Waals surface area contributed by atoms with Gasteiger partial charge in [-0.1, -0.05) is 32.4 Å². The van der Waals surface area contributed by atoms with Crippen molar-refractivity contribution in [3.05, 3.63) is 47.2 Å². The minimum atomic E-state index is -0.411. The molecule has 2 heterocycles. The van der Waals surface area contributed by atoms with Gasteiger partial charge in [0.25, 0.3) is 0 Å². The van der Waals surface area contributed by atoms with Crippen LogP contribution in [0.5, 0.6) is 0 Å². The van der Waals surface area contributed by atoms with Crippen LogP contribution in [0.1, 0.15) is 32.8 Å². The van der Waals surface area contributed by atoms with Crippen LogP contribution in [0.25, 0.3) is 5.69 Å². The predicted octanol–water partition coefficient (Wildman–Crippen LogP) is 3.48. The highest BCUT2D eigenvalue weighted by Gasteiger charge is 2.35. The van der Waals surface area contributed by atoms with Crippen molar-refractivity contribution in [2.45, 2.75) is 39.8 Å². The van der Waals surface area contributed by atoms with E-state index < -0.39 is 6.04 Å². The highest BCUT2D eigenvalue weighted by Crippen LogP contribution is 2.26. The van der Waals surface area contributed by atoms with Gasteiger partial charge in [0.1, 0.15) is 6.04 Å². The van der Waals surface area contributed by atoms with E-state index in [1.54, 1.807) is 39.7 Å². The average Bonchev–Trinajstić information content (AvgIpc) is 3.28. The lowest BCUT2D eigenvalue weighted by molar-refractivity contribution is -0.139. The summed E-state index contributed by atoms with van der Waals surface area (Å²) in [6.45, 7) is 6.46. The summed E-state index contributed by atoms with van der Waals surface area (Å²) in [6, 6.07) is 6.96.